The van der Waals surface area contributed by atoms with Crippen LogP contribution >= 0.6 is 11.6 Å². The molecule has 0 aliphatic carbocycles. The molecule has 0 N–H and O–H groups in total. The van der Waals surface area contributed by atoms with Crippen LogP contribution in [-0.2, 0) is 5.88 Å². The van der Waals surface area contributed by atoms with Crippen molar-refractivity contribution in [2.75, 3.05) is 7.11 Å². The maximum atomic E-state index is 5.77. The molecule has 4 heteroatoms. The highest BCUT2D eigenvalue weighted by Gasteiger charge is 2.05. The van der Waals surface area contributed by atoms with Crippen LogP contribution in [0.25, 0.3) is 11.3 Å². The summed E-state index contributed by atoms with van der Waals surface area (Å²) in [5.41, 5.74) is 2.78. The number of methoxy groups -OCH3 is 1. The molecule has 2 rings (SSSR count). The first-order valence-corrected chi connectivity index (χ1v) is 5.81. The van der Waals surface area contributed by atoms with Gasteiger partial charge in [-0.15, -0.1) is 11.6 Å². The normalized spacial score (nSPS) is 10.3. The molecule has 0 radical (unpaired) electrons. The van der Waals surface area contributed by atoms with Crippen molar-refractivity contribution in [3.63, 3.8) is 0 Å². The smallest absolute Gasteiger partial charge is 0.143 e. The first-order chi connectivity index (χ1) is 8.22. The zero-order valence-corrected chi connectivity index (χ0v) is 10.5. The third-order valence-electron chi connectivity index (χ3n) is 2.39. The highest BCUT2D eigenvalue weighted by atomic mass is 35.5. The van der Waals surface area contributed by atoms with Gasteiger partial charge < -0.3 is 4.74 Å². The summed E-state index contributed by atoms with van der Waals surface area (Å²) >= 11 is 5.77. The minimum atomic E-state index is 0.318. The van der Waals surface area contributed by atoms with Crippen LogP contribution in [0.15, 0.2) is 30.3 Å². The molecule has 1 heterocycles. The SMILES string of the molecule is COc1cccc(-c2cc(C)nc(CCl)n2)c1. The molecule has 0 bridgehead atoms. The number of aromatic nitrogens is 2. The highest BCUT2D eigenvalue weighted by Crippen LogP contribution is 2.22. The van der Waals surface area contributed by atoms with E-state index in [1.165, 1.54) is 0 Å². The van der Waals surface area contributed by atoms with E-state index < -0.39 is 0 Å². The largest absolute Gasteiger partial charge is 0.497 e. The van der Waals surface area contributed by atoms with E-state index >= 15 is 0 Å². The van der Waals surface area contributed by atoms with Crippen LogP contribution in [-0.4, -0.2) is 17.1 Å². The number of alkyl halides is 1. The molecule has 0 atom stereocenters. The number of nitrogens with zero attached hydrogens (tertiary/aromatic N) is 2. The first kappa shape index (κ1) is 11.9. The van der Waals surface area contributed by atoms with Gasteiger partial charge in [0.15, 0.2) is 0 Å². The molecule has 0 unspecified atom stereocenters. The van der Waals surface area contributed by atoms with E-state index in [2.05, 4.69) is 9.97 Å². The number of hydrogen-bond donors (Lipinski definition) is 0. The third kappa shape index (κ3) is 2.74. The fourth-order valence-corrected chi connectivity index (χ4v) is 1.74. The predicted octanol–water partition coefficient (Wildman–Crippen LogP) is 3.20. The van der Waals surface area contributed by atoms with Gasteiger partial charge in [-0.2, -0.15) is 0 Å². The van der Waals surface area contributed by atoms with Gasteiger partial charge >= 0.3 is 0 Å². The monoisotopic (exact) mass is 248 g/mol. The minimum absolute atomic E-state index is 0.318. The highest BCUT2D eigenvalue weighted by molar-refractivity contribution is 6.16. The van der Waals surface area contributed by atoms with E-state index in [0.29, 0.717) is 11.7 Å². The van der Waals surface area contributed by atoms with Crippen molar-refractivity contribution in [1.29, 1.82) is 0 Å². The van der Waals surface area contributed by atoms with Crippen molar-refractivity contribution in [3.8, 4) is 17.0 Å². The molecule has 0 aliphatic rings. The van der Waals surface area contributed by atoms with E-state index in [1.54, 1.807) is 7.11 Å². The van der Waals surface area contributed by atoms with E-state index in [4.69, 9.17) is 16.3 Å². The Balaban J connectivity index is 2.47. The van der Waals surface area contributed by atoms with Crippen LogP contribution < -0.4 is 4.74 Å². The Morgan fingerprint density at radius 2 is 2.06 bits per heavy atom. The van der Waals surface area contributed by atoms with Gasteiger partial charge in [-0.25, -0.2) is 9.97 Å². The molecule has 0 saturated heterocycles. The van der Waals surface area contributed by atoms with Crippen molar-refractivity contribution < 1.29 is 4.74 Å². The van der Waals surface area contributed by atoms with Crippen LogP contribution in [0.1, 0.15) is 11.5 Å². The van der Waals surface area contributed by atoms with E-state index in [1.807, 2.05) is 37.3 Å². The van der Waals surface area contributed by atoms with Gasteiger partial charge in [0.05, 0.1) is 18.7 Å². The third-order valence-corrected chi connectivity index (χ3v) is 2.62. The van der Waals surface area contributed by atoms with Gasteiger partial charge in [-0.05, 0) is 25.1 Å². The van der Waals surface area contributed by atoms with Crippen molar-refractivity contribution >= 4 is 11.6 Å². The maximum absolute atomic E-state index is 5.77. The molecule has 1 aromatic heterocycles. The summed E-state index contributed by atoms with van der Waals surface area (Å²) in [5.74, 6) is 1.77. The zero-order chi connectivity index (χ0) is 12.3. The molecule has 0 aliphatic heterocycles. The quantitative estimate of drug-likeness (QED) is 0.783. The van der Waals surface area contributed by atoms with Gasteiger partial charge in [-0.3, -0.25) is 0 Å². The summed E-state index contributed by atoms with van der Waals surface area (Å²) in [6, 6.07) is 9.71. The predicted molar refractivity (Wildman–Crippen MR) is 68.3 cm³/mol. The van der Waals surface area contributed by atoms with Crippen molar-refractivity contribution in [3.05, 3.63) is 41.9 Å². The summed E-state index contributed by atoms with van der Waals surface area (Å²) in [6.07, 6.45) is 0. The number of ether oxygens (including phenoxy) is 1. The lowest BCUT2D eigenvalue weighted by Gasteiger charge is -2.06. The van der Waals surface area contributed by atoms with Crippen molar-refractivity contribution in [2.45, 2.75) is 12.8 Å². The summed E-state index contributed by atoms with van der Waals surface area (Å²) < 4.78 is 5.19. The summed E-state index contributed by atoms with van der Waals surface area (Å²) in [6.45, 7) is 1.93. The Morgan fingerprint density at radius 3 is 2.76 bits per heavy atom. The molecular formula is C13H13ClN2O. The van der Waals surface area contributed by atoms with Crippen LogP contribution in [0.5, 0.6) is 5.75 Å². The average Bonchev–Trinajstić information content (AvgIpc) is 2.38. The molecule has 0 amide bonds. The van der Waals surface area contributed by atoms with Crippen molar-refractivity contribution in [2.24, 2.45) is 0 Å². The van der Waals surface area contributed by atoms with Crippen LogP contribution in [0.2, 0.25) is 0 Å². The van der Waals surface area contributed by atoms with Gasteiger partial charge in [0, 0.05) is 11.3 Å². The lowest BCUT2D eigenvalue weighted by molar-refractivity contribution is 0.415. The standard InChI is InChI=1S/C13H13ClN2O/c1-9-6-12(16-13(8-14)15-9)10-4-3-5-11(7-10)17-2/h3-7H,8H2,1-2H3. The zero-order valence-electron chi connectivity index (χ0n) is 9.77. The second kappa shape index (κ2) is 5.15. The van der Waals surface area contributed by atoms with Gasteiger partial charge in [-0.1, -0.05) is 12.1 Å². The first-order valence-electron chi connectivity index (χ1n) is 5.28. The number of aryl methyl sites for hydroxylation is 1. The van der Waals surface area contributed by atoms with Gasteiger partial charge in [0.25, 0.3) is 0 Å². The summed E-state index contributed by atoms with van der Waals surface area (Å²) in [7, 11) is 1.65. The lowest BCUT2D eigenvalue weighted by Crippen LogP contribution is -1.96. The van der Waals surface area contributed by atoms with E-state index in [9.17, 15) is 0 Å². The Hall–Kier alpha value is -1.61. The van der Waals surface area contributed by atoms with Gasteiger partial charge in [0.1, 0.15) is 11.6 Å². The van der Waals surface area contributed by atoms with Crippen LogP contribution in [0.3, 0.4) is 0 Å². The number of halogens is 1. The van der Waals surface area contributed by atoms with Crippen LogP contribution in [0.4, 0.5) is 0 Å². The topological polar surface area (TPSA) is 35.0 Å². The van der Waals surface area contributed by atoms with Crippen LogP contribution in [0, 0.1) is 6.92 Å². The molecule has 0 spiro atoms. The Morgan fingerprint density at radius 1 is 1.24 bits per heavy atom. The molecule has 0 saturated carbocycles. The second-order valence-electron chi connectivity index (χ2n) is 3.68. The average molecular weight is 249 g/mol. The molecule has 1 aromatic carbocycles. The molecule has 17 heavy (non-hydrogen) atoms. The fraction of sp³-hybridized carbons (Fsp3) is 0.231. The Bertz CT molecular complexity index is 529. The Labute approximate surface area is 105 Å². The molecule has 2 aromatic rings. The second-order valence-corrected chi connectivity index (χ2v) is 3.94. The molecule has 88 valence electrons. The number of rotatable bonds is 3. The van der Waals surface area contributed by atoms with Gasteiger partial charge in [0.2, 0.25) is 0 Å². The minimum Gasteiger partial charge on any atom is -0.497 e. The maximum Gasteiger partial charge on any atom is 0.143 e. The lowest BCUT2D eigenvalue weighted by atomic mass is 10.1. The molecular weight excluding hydrogens is 236 g/mol. The fourth-order valence-electron chi connectivity index (χ4n) is 1.62. The number of benzene rings is 1. The summed E-state index contributed by atoms with van der Waals surface area (Å²) in [4.78, 5) is 8.65. The molecule has 0 fully saturated rings. The number of hydrogen-bond acceptors (Lipinski definition) is 3. The van der Waals surface area contributed by atoms with Crippen molar-refractivity contribution in [1.82, 2.24) is 9.97 Å². The van der Waals surface area contributed by atoms with E-state index in [-0.39, 0.29) is 0 Å². The van der Waals surface area contributed by atoms with E-state index in [0.717, 1.165) is 22.7 Å². The molecule has 3 nitrogen and oxygen atoms in total. The Kier molecular flexibility index (Phi) is 3.59. The summed E-state index contributed by atoms with van der Waals surface area (Å²) in [5, 5.41) is 0.